The van der Waals surface area contributed by atoms with Gasteiger partial charge in [0.05, 0.1) is 9.85 Å². The van der Waals surface area contributed by atoms with Gasteiger partial charge in [-0.15, -0.1) is 0 Å². The highest BCUT2D eigenvalue weighted by Gasteiger charge is 2.08. The quantitative estimate of drug-likeness (QED) is 0.344. The molecule has 0 atom stereocenters. The van der Waals surface area contributed by atoms with Crippen molar-refractivity contribution in [2.24, 2.45) is 0 Å². The van der Waals surface area contributed by atoms with E-state index in [0.29, 0.717) is 0 Å². The molecule has 6 nitrogen and oxygen atoms in total. The van der Waals surface area contributed by atoms with Gasteiger partial charge in [0, 0.05) is 28.7 Å². The summed E-state index contributed by atoms with van der Waals surface area (Å²) in [6.07, 6.45) is 0. The minimum atomic E-state index is -0.607. The molecule has 0 amide bonds. The first kappa shape index (κ1) is 16.0. The lowest BCUT2D eigenvalue weighted by molar-refractivity contribution is -0.389. The molecule has 0 unspecified atom stereocenters. The third kappa shape index (κ3) is 5.31. The summed E-state index contributed by atoms with van der Waals surface area (Å²) >= 11 is 2.35. The second-order valence-corrected chi connectivity index (χ2v) is 4.41. The monoisotopic (exact) mass is 386 g/mol. The van der Waals surface area contributed by atoms with Crippen molar-refractivity contribution < 1.29 is 9.85 Å². The molecular formula is C13H11IN2O4. The van der Waals surface area contributed by atoms with Crippen LogP contribution in [0, 0.1) is 20.2 Å². The van der Waals surface area contributed by atoms with E-state index in [2.05, 4.69) is 46.9 Å². The highest BCUT2D eigenvalue weighted by Crippen LogP contribution is 2.16. The zero-order valence-electron chi connectivity index (χ0n) is 10.3. The molecule has 7 heteroatoms. The van der Waals surface area contributed by atoms with Crippen LogP contribution in [0.5, 0.6) is 0 Å². The van der Waals surface area contributed by atoms with Gasteiger partial charge in [-0.1, -0.05) is 52.9 Å². The van der Waals surface area contributed by atoms with Crippen molar-refractivity contribution in [3.05, 3.63) is 80.4 Å². The third-order valence-electron chi connectivity index (χ3n) is 2.27. The van der Waals surface area contributed by atoms with E-state index in [1.54, 1.807) is 0 Å². The van der Waals surface area contributed by atoms with Crippen LogP contribution in [0.2, 0.25) is 0 Å². The Bertz CT molecular complexity index is 540. The maximum absolute atomic E-state index is 10.1. The average molecular weight is 386 g/mol. The van der Waals surface area contributed by atoms with Crippen LogP contribution in [0.3, 0.4) is 0 Å². The van der Waals surface area contributed by atoms with E-state index in [4.69, 9.17) is 0 Å². The maximum atomic E-state index is 10.1. The molecule has 0 saturated heterocycles. The Kier molecular flexibility index (Phi) is 6.57. The summed E-state index contributed by atoms with van der Waals surface area (Å²) in [5.41, 5.74) is 1.09. The second-order valence-electron chi connectivity index (χ2n) is 3.65. The van der Waals surface area contributed by atoms with E-state index < -0.39 is 9.85 Å². The van der Waals surface area contributed by atoms with Crippen LogP contribution in [-0.2, 0) is 4.43 Å². The van der Waals surface area contributed by atoms with Crippen molar-refractivity contribution in [2.75, 3.05) is 0 Å². The first-order valence-electron chi connectivity index (χ1n) is 5.53. The standard InChI is InChI=1S/C7H7I.C6H4N2O4/c8-6-7-4-2-1-3-5-7;9-7(10)5-1-2-6(4-3-5)8(11)12/h1-5H,6H2;1-4H. The minimum Gasteiger partial charge on any atom is -0.258 e. The molecule has 0 N–H and O–H groups in total. The Hall–Kier alpha value is -2.03. The number of nitro benzene ring substituents is 2. The van der Waals surface area contributed by atoms with Crippen LogP contribution < -0.4 is 0 Å². The number of alkyl halides is 1. The van der Waals surface area contributed by atoms with Crippen molar-refractivity contribution in [1.82, 2.24) is 0 Å². The van der Waals surface area contributed by atoms with Crippen molar-refractivity contribution >= 4 is 34.0 Å². The summed E-state index contributed by atoms with van der Waals surface area (Å²) in [5.74, 6) is 0. The lowest BCUT2D eigenvalue weighted by Crippen LogP contribution is -1.90. The molecule has 104 valence electrons. The number of nitro groups is 2. The summed E-state index contributed by atoms with van der Waals surface area (Å²) in [7, 11) is 0. The van der Waals surface area contributed by atoms with E-state index >= 15 is 0 Å². The van der Waals surface area contributed by atoms with Gasteiger partial charge in [-0.2, -0.15) is 0 Å². The average Bonchev–Trinajstić information content (AvgIpc) is 2.48. The van der Waals surface area contributed by atoms with Crippen LogP contribution in [0.25, 0.3) is 0 Å². The Morgan fingerprint density at radius 3 is 1.45 bits per heavy atom. The Labute approximate surface area is 128 Å². The Morgan fingerprint density at radius 2 is 1.20 bits per heavy atom. The van der Waals surface area contributed by atoms with Gasteiger partial charge in [0.15, 0.2) is 0 Å². The fourth-order valence-electron chi connectivity index (χ4n) is 1.26. The smallest absolute Gasteiger partial charge is 0.258 e. The predicted molar refractivity (Wildman–Crippen MR) is 83.9 cm³/mol. The largest absolute Gasteiger partial charge is 0.269 e. The molecule has 20 heavy (non-hydrogen) atoms. The van der Waals surface area contributed by atoms with E-state index in [1.807, 2.05) is 6.07 Å². The first-order valence-corrected chi connectivity index (χ1v) is 7.06. The van der Waals surface area contributed by atoms with Crippen LogP contribution >= 0.6 is 22.6 Å². The van der Waals surface area contributed by atoms with Crippen LogP contribution in [-0.4, -0.2) is 9.85 Å². The molecule has 0 spiro atoms. The third-order valence-corrected chi connectivity index (χ3v) is 3.15. The highest BCUT2D eigenvalue weighted by atomic mass is 127. The Morgan fingerprint density at radius 1 is 0.800 bits per heavy atom. The number of hydrogen-bond acceptors (Lipinski definition) is 4. The summed E-state index contributed by atoms with van der Waals surface area (Å²) in [6.45, 7) is 0. The van der Waals surface area contributed by atoms with Gasteiger partial charge in [0.25, 0.3) is 11.4 Å². The van der Waals surface area contributed by atoms with E-state index in [0.717, 1.165) is 28.7 Å². The molecular weight excluding hydrogens is 375 g/mol. The molecule has 2 rings (SSSR count). The van der Waals surface area contributed by atoms with E-state index in [9.17, 15) is 20.2 Å². The molecule has 0 aromatic heterocycles. The number of hydrogen-bond donors (Lipinski definition) is 0. The Balaban J connectivity index is 0.000000217. The zero-order chi connectivity index (χ0) is 15.0. The topological polar surface area (TPSA) is 86.3 Å². The number of halogens is 1. The molecule has 0 aliphatic heterocycles. The SMILES string of the molecule is ICc1ccccc1.O=[N+]([O-])c1ccc([N+](=O)[O-])cc1. The number of rotatable bonds is 3. The number of benzene rings is 2. The number of non-ortho nitro benzene ring substituents is 2. The van der Waals surface area contributed by atoms with Crippen molar-refractivity contribution in [3.8, 4) is 0 Å². The van der Waals surface area contributed by atoms with Gasteiger partial charge < -0.3 is 0 Å². The molecule has 0 heterocycles. The van der Waals surface area contributed by atoms with Gasteiger partial charge >= 0.3 is 0 Å². The summed E-state index contributed by atoms with van der Waals surface area (Å²) in [6, 6.07) is 14.8. The lowest BCUT2D eigenvalue weighted by atomic mass is 10.2. The fraction of sp³-hybridized carbons (Fsp3) is 0.0769. The lowest BCUT2D eigenvalue weighted by Gasteiger charge is -1.90. The molecule has 2 aromatic carbocycles. The second kappa shape index (κ2) is 8.20. The van der Waals surface area contributed by atoms with E-state index in [-0.39, 0.29) is 11.4 Å². The van der Waals surface area contributed by atoms with Crippen LogP contribution in [0.1, 0.15) is 5.56 Å². The van der Waals surface area contributed by atoms with Crippen molar-refractivity contribution in [2.45, 2.75) is 4.43 Å². The van der Waals surface area contributed by atoms with Crippen molar-refractivity contribution in [3.63, 3.8) is 0 Å². The molecule has 0 aliphatic carbocycles. The van der Waals surface area contributed by atoms with Crippen molar-refractivity contribution in [1.29, 1.82) is 0 Å². The van der Waals surface area contributed by atoms with Crippen LogP contribution in [0.15, 0.2) is 54.6 Å². The fourth-order valence-corrected chi connectivity index (χ4v) is 1.77. The summed E-state index contributed by atoms with van der Waals surface area (Å²) < 4.78 is 1.11. The molecule has 2 aromatic rings. The van der Waals surface area contributed by atoms with Crippen LogP contribution in [0.4, 0.5) is 11.4 Å². The zero-order valence-corrected chi connectivity index (χ0v) is 12.5. The molecule has 0 saturated carbocycles. The van der Waals surface area contributed by atoms with Gasteiger partial charge in [-0.05, 0) is 5.56 Å². The van der Waals surface area contributed by atoms with Gasteiger partial charge in [-0.25, -0.2) is 0 Å². The molecule has 0 radical (unpaired) electrons. The molecule has 0 aliphatic rings. The normalized spacial score (nSPS) is 9.25. The van der Waals surface area contributed by atoms with Gasteiger partial charge in [-0.3, -0.25) is 20.2 Å². The molecule has 0 bridgehead atoms. The number of nitrogens with zero attached hydrogens (tertiary/aromatic N) is 2. The van der Waals surface area contributed by atoms with Gasteiger partial charge in [0.1, 0.15) is 0 Å². The first-order chi connectivity index (χ1) is 9.54. The summed E-state index contributed by atoms with van der Waals surface area (Å²) in [5, 5.41) is 20.2. The summed E-state index contributed by atoms with van der Waals surface area (Å²) in [4.78, 5) is 19.0. The molecule has 0 fully saturated rings. The maximum Gasteiger partial charge on any atom is 0.269 e. The minimum absolute atomic E-state index is 0.152. The van der Waals surface area contributed by atoms with Gasteiger partial charge in [0.2, 0.25) is 0 Å². The predicted octanol–water partition coefficient (Wildman–Crippen LogP) is 4.12. The van der Waals surface area contributed by atoms with E-state index in [1.165, 1.54) is 5.56 Å². The highest BCUT2D eigenvalue weighted by molar-refractivity contribution is 14.1.